The molecule has 0 saturated heterocycles. The van der Waals surface area contributed by atoms with Crippen molar-refractivity contribution in [3.8, 4) is 0 Å². The lowest BCUT2D eigenvalue weighted by molar-refractivity contribution is -0.127. The first-order valence-electron chi connectivity index (χ1n) is 7.00. The highest BCUT2D eigenvalue weighted by Crippen LogP contribution is 2.29. The Balaban J connectivity index is 1.95. The van der Waals surface area contributed by atoms with E-state index in [1.54, 1.807) is 23.1 Å². The number of hydrogen-bond acceptors (Lipinski definition) is 2. The Morgan fingerprint density at radius 3 is 2.57 bits per heavy atom. The van der Waals surface area contributed by atoms with Crippen molar-refractivity contribution in [2.24, 2.45) is 5.92 Å². The molecule has 0 atom stereocenters. The van der Waals surface area contributed by atoms with Crippen LogP contribution in [0.15, 0.2) is 18.2 Å². The number of carbonyl (C=O) groups excluding carboxylic acids is 2. The second-order valence-electron chi connectivity index (χ2n) is 5.19. The Bertz CT molecular complexity index is 544. The minimum atomic E-state index is -0.128. The van der Waals surface area contributed by atoms with Gasteiger partial charge in [-0.2, -0.15) is 0 Å². The van der Waals surface area contributed by atoms with Gasteiger partial charge in [0.15, 0.2) is 0 Å². The maximum atomic E-state index is 11.8. The van der Waals surface area contributed by atoms with Crippen LogP contribution < -0.4 is 10.2 Å². The van der Waals surface area contributed by atoms with E-state index in [4.69, 9.17) is 23.2 Å². The van der Waals surface area contributed by atoms with Crippen molar-refractivity contribution in [1.82, 2.24) is 5.32 Å². The van der Waals surface area contributed by atoms with E-state index in [2.05, 4.69) is 5.32 Å². The number of nitrogens with one attached hydrogen (secondary N) is 1. The molecule has 4 nitrogen and oxygen atoms in total. The zero-order valence-electron chi connectivity index (χ0n) is 11.9. The molecule has 0 aromatic heterocycles. The van der Waals surface area contributed by atoms with Gasteiger partial charge in [-0.15, -0.1) is 0 Å². The molecule has 2 rings (SSSR count). The summed E-state index contributed by atoms with van der Waals surface area (Å²) in [6.07, 6.45) is 3.05. The summed E-state index contributed by atoms with van der Waals surface area (Å²) < 4.78 is 0. The van der Waals surface area contributed by atoms with Crippen molar-refractivity contribution in [1.29, 1.82) is 0 Å². The summed E-state index contributed by atoms with van der Waals surface area (Å²) in [5.74, 6) is 0.0963. The van der Waals surface area contributed by atoms with E-state index in [0.717, 1.165) is 19.3 Å². The molecule has 0 radical (unpaired) electrons. The molecule has 1 aromatic rings. The van der Waals surface area contributed by atoms with Crippen LogP contribution in [-0.4, -0.2) is 24.9 Å². The summed E-state index contributed by atoms with van der Waals surface area (Å²) >= 11 is 12.0. The molecule has 1 aromatic carbocycles. The van der Waals surface area contributed by atoms with Crippen molar-refractivity contribution >= 4 is 40.7 Å². The van der Waals surface area contributed by atoms with Gasteiger partial charge >= 0.3 is 0 Å². The molecule has 0 spiro atoms. The van der Waals surface area contributed by atoms with E-state index in [1.165, 1.54) is 6.92 Å². The molecule has 1 aliphatic carbocycles. The molecular formula is C15H18Cl2N2O2. The predicted octanol–water partition coefficient (Wildman–Crippen LogP) is 3.26. The number of anilines is 1. The summed E-state index contributed by atoms with van der Waals surface area (Å²) in [6.45, 7) is 2.27. The quantitative estimate of drug-likeness (QED) is 0.901. The lowest BCUT2D eigenvalue weighted by Crippen LogP contribution is -2.41. The molecule has 0 aliphatic heterocycles. The van der Waals surface area contributed by atoms with E-state index in [9.17, 15) is 9.59 Å². The van der Waals surface area contributed by atoms with Crippen LogP contribution in [0.4, 0.5) is 5.69 Å². The number of rotatable bonds is 5. The number of hydrogen-bond donors (Lipinski definition) is 1. The number of amides is 2. The first-order chi connectivity index (χ1) is 9.99. The van der Waals surface area contributed by atoms with Gasteiger partial charge in [0.25, 0.3) is 0 Å². The molecule has 0 unspecified atom stereocenters. The average Bonchev–Trinajstić information content (AvgIpc) is 2.33. The van der Waals surface area contributed by atoms with E-state index in [0.29, 0.717) is 28.8 Å². The van der Waals surface area contributed by atoms with Crippen molar-refractivity contribution in [2.45, 2.75) is 26.2 Å². The topological polar surface area (TPSA) is 49.4 Å². The Morgan fingerprint density at radius 2 is 2.05 bits per heavy atom. The predicted molar refractivity (Wildman–Crippen MR) is 84.8 cm³/mol. The largest absolute Gasteiger partial charge is 0.354 e. The maximum Gasteiger partial charge on any atom is 0.223 e. The second-order valence-corrected chi connectivity index (χ2v) is 6.03. The Kier molecular flexibility index (Phi) is 5.48. The van der Waals surface area contributed by atoms with Gasteiger partial charge in [-0.3, -0.25) is 9.59 Å². The minimum absolute atomic E-state index is 0.0759. The summed E-state index contributed by atoms with van der Waals surface area (Å²) in [4.78, 5) is 25.1. The van der Waals surface area contributed by atoms with Crippen LogP contribution in [0.5, 0.6) is 0 Å². The minimum Gasteiger partial charge on any atom is -0.354 e. The number of benzene rings is 1. The molecular weight excluding hydrogens is 311 g/mol. The van der Waals surface area contributed by atoms with Crippen LogP contribution in [0.1, 0.15) is 26.2 Å². The summed E-state index contributed by atoms with van der Waals surface area (Å²) in [5.41, 5.74) is 0.603. The van der Waals surface area contributed by atoms with E-state index in [1.807, 2.05) is 0 Å². The average molecular weight is 329 g/mol. The van der Waals surface area contributed by atoms with E-state index >= 15 is 0 Å². The van der Waals surface area contributed by atoms with Gasteiger partial charge < -0.3 is 10.2 Å². The molecule has 1 saturated carbocycles. The molecule has 114 valence electrons. The van der Waals surface area contributed by atoms with Crippen LogP contribution in [0.25, 0.3) is 0 Å². The lowest BCUT2D eigenvalue weighted by atomic mass is 9.85. The van der Waals surface area contributed by atoms with E-state index < -0.39 is 0 Å². The molecule has 1 aliphatic rings. The van der Waals surface area contributed by atoms with Crippen molar-refractivity contribution in [3.05, 3.63) is 28.2 Å². The molecule has 2 amide bonds. The van der Waals surface area contributed by atoms with Crippen LogP contribution in [-0.2, 0) is 9.59 Å². The van der Waals surface area contributed by atoms with E-state index in [-0.39, 0.29) is 17.7 Å². The first-order valence-corrected chi connectivity index (χ1v) is 7.75. The molecule has 0 heterocycles. The monoisotopic (exact) mass is 328 g/mol. The number of nitrogens with zero attached hydrogens (tertiary/aromatic N) is 1. The maximum absolute atomic E-state index is 11.8. The Labute approximate surface area is 134 Å². The van der Waals surface area contributed by atoms with Gasteiger partial charge in [0.1, 0.15) is 0 Å². The van der Waals surface area contributed by atoms with Gasteiger partial charge in [0, 0.05) is 31.0 Å². The van der Waals surface area contributed by atoms with Gasteiger partial charge in [-0.1, -0.05) is 29.6 Å². The second kappa shape index (κ2) is 7.14. The normalized spacial score (nSPS) is 14.4. The zero-order chi connectivity index (χ0) is 15.4. The zero-order valence-corrected chi connectivity index (χ0v) is 13.4. The Morgan fingerprint density at radius 1 is 1.33 bits per heavy atom. The smallest absolute Gasteiger partial charge is 0.223 e. The highest BCUT2D eigenvalue weighted by Gasteiger charge is 2.25. The number of carbonyl (C=O) groups is 2. The molecule has 6 heteroatoms. The highest BCUT2D eigenvalue weighted by atomic mass is 35.5. The van der Waals surface area contributed by atoms with Gasteiger partial charge in [0.2, 0.25) is 11.8 Å². The summed E-state index contributed by atoms with van der Waals surface area (Å²) in [7, 11) is 0. The van der Waals surface area contributed by atoms with Crippen LogP contribution >= 0.6 is 23.2 Å². The van der Waals surface area contributed by atoms with Gasteiger partial charge in [-0.25, -0.2) is 0 Å². The third-order valence-corrected chi connectivity index (χ3v) is 4.23. The highest BCUT2D eigenvalue weighted by molar-refractivity contribution is 6.36. The molecule has 1 N–H and O–H groups in total. The molecule has 0 bridgehead atoms. The SMILES string of the molecule is CC(=O)N(CCNC(=O)C1CCC1)c1ccc(Cl)cc1Cl. The fraction of sp³-hybridized carbons (Fsp3) is 0.467. The third-order valence-electron chi connectivity index (χ3n) is 3.69. The lowest BCUT2D eigenvalue weighted by Gasteiger charge is -2.26. The fourth-order valence-corrected chi connectivity index (χ4v) is 2.76. The Hall–Kier alpha value is -1.26. The number of halogens is 2. The van der Waals surface area contributed by atoms with Crippen molar-refractivity contribution in [3.63, 3.8) is 0 Å². The van der Waals surface area contributed by atoms with Crippen LogP contribution in [0.2, 0.25) is 10.0 Å². The summed E-state index contributed by atoms with van der Waals surface area (Å²) in [5, 5.41) is 3.81. The van der Waals surface area contributed by atoms with Crippen LogP contribution in [0.3, 0.4) is 0 Å². The van der Waals surface area contributed by atoms with Crippen molar-refractivity contribution in [2.75, 3.05) is 18.0 Å². The third kappa shape index (κ3) is 4.11. The summed E-state index contributed by atoms with van der Waals surface area (Å²) in [6, 6.07) is 4.99. The fourth-order valence-electron chi connectivity index (χ4n) is 2.25. The molecule has 21 heavy (non-hydrogen) atoms. The van der Waals surface area contributed by atoms with Gasteiger partial charge in [-0.05, 0) is 31.0 Å². The standard InChI is InChI=1S/C15H18Cl2N2O2/c1-10(20)19(14-6-5-12(16)9-13(14)17)8-7-18-15(21)11-3-2-4-11/h5-6,9,11H,2-4,7-8H2,1H3,(H,18,21). The van der Waals surface area contributed by atoms with Gasteiger partial charge in [0.05, 0.1) is 10.7 Å². The van der Waals surface area contributed by atoms with Crippen LogP contribution in [0, 0.1) is 5.92 Å². The van der Waals surface area contributed by atoms with Crippen molar-refractivity contribution < 1.29 is 9.59 Å². The first kappa shape index (κ1) is 16.1. The molecule has 1 fully saturated rings.